The maximum absolute atomic E-state index is 13.0. The van der Waals surface area contributed by atoms with Gasteiger partial charge in [-0.25, -0.2) is 4.98 Å². The normalized spacial score (nSPS) is 12.4. The Balaban J connectivity index is 1.52. The number of imidazole rings is 1. The van der Waals surface area contributed by atoms with Gasteiger partial charge in [-0.3, -0.25) is 14.7 Å². The van der Waals surface area contributed by atoms with Gasteiger partial charge in [0.25, 0.3) is 5.91 Å². The number of methoxy groups -OCH3 is 1. The number of aromatic nitrogens is 2. The average Bonchev–Trinajstić information content (AvgIpc) is 3.46. The van der Waals surface area contributed by atoms with Gasteiger partial charge in [0.15, 0.2) is 0 Å². The lowest BCUT2D eigenvalue weighted by Gasteiger charge is -2.09. The molecule has 0 aliphatic carbocycles. The molecule has 4 aromatic rings. The van der Waals surface area contributed by atoms with Crippen molar-refractivity contribution in [2.24, 2.45) is 0 Å². The Labute approximate surface area is 180 Å². The fraction of sp³-hybridized carbons (Fsp3) is 0.120. The van der Waals surface area contributed by atoms with Crippen LogP contribution in [0.5, 0.6) is 5.75 Å². The van der Waals surface area contributed by atoms with Crippen molar-refractivity contribution in [3.8, 4) is 22.7 Å². The van der Waals surface area contributed by atoms with Gasteiger partial charge in [0, 0.05) is 36.1 Å². The zero-order valence-electron chi connectivity index (χ0n) is 17.1. The number of hydrogen-bond acceptors (Lipinski definition) is 4. The number of anilines is 1. The van der Waals surface area contributed by atoms with Gasteiger partial charge in [-0.1, -0.05) is 36.4 Å². The monoisotopic (exact) mass is 410 g/mol. The minimum absolute atomic E-state index is 0.185. The van der Waals surface area contributed by atoms with Gasteiger partial charge in [-0.2, -0.15) is 0 Å². The average molecular weight is 410 g/mol. The second-order valence-electron chi connectivity index (χ2n) is 7.43. The summed E-state index contributed by atoms with van der Waals surface area (Å²) in [6, 6.07) is 23.4. The molecule has 1 amide bonds. The van der Waals surface area contributed by atoms with Gasteiger partial charge in [-0.05, 0) is 47.5 Å². The number of amides is 1. The summed E-state index contributed by atoms with van der Waals surface area (Å²) in [7, 11) is 1.64. The predicted molar refractivity (Wildman–Crippen MR) is 120 cm³/mol. The Morgan fingerprint density at radius 1 is 1.00 bits per heavy atom. The van der Waals surface area contributed by atoms with E-state index in [1.165, 1.54) is 5.56 Å². The van der Waals surface area contributed by atoms with Crippen molar-refractivity contribution in [3.63, 3.8) is 0 Å². The van der Waals surface area contributed by atoms with Crippen LogP contribution in [0.25, 0.3) is 16.9 Å². The van der Waals surface area contributed by atoms with Crippen LogP contribution in [0.2, 0.25) is 0 Å². The maximum Gasteiger partial charge on any atom is 0.257 e. The van der Waals surface area contributed by atoms with Crippen molar-refractivity contribution in [2.75, 3.05) is 12.4 Å². The first-order chi connectivity index (χ1) is 15.2. The van der Waals surface area contributed by atoms with E-state index < -0.39 is 0 Å². The highest BCUT2D eigenvalue weighted by Gasteiger charge is 2.17. The molecule has 6 heteroatoms. The minimum Gasteiger partial charge on any atom is -0.497 e. The molecule has 0 spiro atoms. The first-order valence-electron chi connectivity index (χ1n) is 10.1. The topological polar surface area (TPSA) is 68.2 Å². The van der Waals surface area contributed by atoms with Crippen LogP contribution in [0.3, 0.4) is 0 Å². The van der Waals surface area contributed by atoms with Crippen LogP contribution in [0.1, 0.15) is 21.5 Å². The summed E-state index contributed by atoms with van der Waals surface area (Å²) < 4.78 is 7.24. The number of carbonyl (C=O) groups excluding carboxylic acids is 1. The molecule has 0 radical (unpaired) electrons. The Hall–Kier alpha value is -3.90. The van der Waals surface area contributed by atoms with E-state index in [2.05, 4.69) is 10.6 Å². The Kier molecular flexibility index (Phi) is 4.98. The van der Waals surface area contributed by atoms with Crippen LogP contribution >= 0.6 is 0 Å². The molecule has 0 fully saturated rings. The molecular weight excluding hydrogens is 388 g/mol. The third kappa shape index (κ3) is 3.81. The van der Waals surface area contributed by atoms with Crippen LogP contribution in [-0.2, 0) is 13.1 Å². The van der Waals surface area contributed by atoms with E-state index in [-0.39, 0.29) is 5.91 Å². The SMILES string of the molecule is COc1cccc(-c2cn(-c3ccccc3)c(NC(=O)c3ccc4c(c3)CNC4)n2)c1. The molecule has 1 aliphatic rings. The number of benzene rings is 3. The van der Waals surface area contributed by atoms with E-state index in [1.807, 2.05) is 83.6 Å². The van der Waals surface area contributed by atoms with E-state index in [1.54, 1.807) is 7.11 Å². The van der Waals surface area contributed by atoms with Crippen LogP contribution in [-0.4, -0.2) is 22.6 Å². The second-order valence-corrected chi connectivity index (χ2v) is 7.43. The summed E-state index contributed by atoms with van der Waals surface area (Å²) in [5.74, 6) is 1.03. The Morgan fingerprint density at radius 2 is 1.84 bits per heavy atom. The van der Waals surface area contributed by atoms with Crippen molar-refractivity contribution < 1.29 is 9.53 Å². The Bertz CT molecular complexity index is 1250. The smallest absolute Gasteiger partial charge is 0.257 e. The highest BCUT2D eigenvalue weighted by molar-refractivity contribution is 6.03. The number of rotatable bonds is 5. The highest BCUT2D eigenvalue weighted by atomic mass is 16.5. The number of nitrogens with one attached hydrogen (secondary N) is 2. The lowest BCUT2D eigenvalue weighted by atomic mass is 10.1. The Morgan fingerprint density at radius 3 is 2.68 bits per heavy atom. The molecule has 31 heavy (non-hydrogen) atoms. The quantitative estimate of drug-likeness (QED) is 0.512. The number of hydrogen-bond donors (Lipinski definition) is 2. The third-order valence-corrected chi connectivity index (χ3v) is 5.43. The van der Waals surface area contributed by atoms with Crippen LogP contribution in [0.15, 0.2) is 79.0 Å². The zero-order chi connectivity index (χ0) is 21.2. The van der Waals surface area contributed by atoms with Crippen molar-refractivity contribution in [1.29, 1.82) is 0 Å². The third-order valence-electron chi connectivity index (χ3n) is 5.43. The van der Waals surface area contributed by atoms with Crippen molar-refractivity contribution in [1.82, 2.24) is 14.9 Å². The molecule has 6 nitrogen and oxygen atoms in total. The lowest BCUT2D eigenvalue weighted by molar-refractivity contribution is 0.102. The molecule has 154 valence electrons. The first kappa shape index (κ1) is 19.1. The highest BCUT2D eigenvalue weighted by Crippen LogP contribution is 2.27. The van der Waals surface area contributed by atoms with E-state index in [0.29, 0.717) is 11.5 Å². The molecule has 1 aliphatic heterocycles. The fourth-order valence-electron chi connectivity index (χ4n) is 3.79. The van der Waals surface area contributed by atoms with E-state index in [0.717, 1.165) is 41.3 Å². The summed E-state index contributed by atoms with van der Waals surface area (Å²) in [6.07, 6.45) is 1.92. The molecule has 0 saturated carbocycles. The predicted octanol–water partition coefficient (Wildman–Crippen LogP) is 4.40. The first-order valence-corrected chi connectivity index (χ1v) is 10.1. The van der Waals surface area contributed by atoms with Crippen molar-refractivity contribution >= 4 is 11.9 Å². The number of nitrogens with zero attached hydrogens (tertiary/aromatic N) is 2. The molecule has 5 rings (SSSR count). The van der Waals surface area contributed by atoms with Crippen LogP contribution in [0.4, 0.5) is 5.95 Å². The molecule has 0 bridgehead atoms. The van der Waals surface area contributed by atoms with Gasteiger partial charge in [0.2, 0.25) is 5.95 Å². The van der Waals surface area contributed by atoms with Gasteiger partial charge in [-0.15, -0.1) is 0 Å². The summed E-state index contributed by atoms with van der Waals surface area (Å²) >= 11 is 0. The molecule has 3 aromatic carbocycles. The molecular formula is C25H22N4O2. The van der Waals surface area contributed by atoms with Gasteiger partial charge in [0.05, 0.1) is 12.8 Å². The largest absolute Gasteiger partial charge is 0.497 e. The van der Waals surface area contributed by atoms with Crippen LogP contribution < -0.4 is 15.4 Å². The van der Waals surface area contributed by atoms with Gasteiger partial charge >= 0.3 is 0 Å². The second kappa shape index (κ2) is 8.08. The van der Waals surface area contributed by atoms with Crippen molar-refractivity contribution in [3.05, 3.63) is 95.7 Å². The van der Waals surface area contributed by atoms with E-state index >= 15 is 0 Å². The van der Waals surface area contributed by atoms with Gasteiger partial charge in [0.1, 0.15) is 5.75 Å². The summed E-state index contributed by atoms with van der Waals surface area (Å²) in [6.45, 7) is 1.63. The number of ether oxygens (including phenoxy) is 1. The van der Waals surface area contributed by atoms with Crippen molar-refractivity contribution in [2.45, 2.75) is 13.1 Å². The van der Waals surface area contributed by atoms with Gasteiger partial charge < -0.3 is 10.1 Å². The number of para-hydroxylation sites is 1. The maximum atomic E-state index is 13.0. The summed E-state index contributed by atoms with van der Waals surface area (Å²) in [4.78, 5) is 17.8. The van der Waals surface area contributed by atoms with Crippen LogP contribution in [0, 0.1) is 0 Å². The minimum atomic E-state index is -0.185. The molecule has 0 atom stereocenters. The number of carbonyl (C=O) groups is 1. The molecule has 0 unspecified atom stereocenters. The number of fused-ring (bicyclic) bond motifs is 1. The van der Waals surface area contributed by atoms with E-state index in [4.69, 9.17) is 9.72 Å². The van der Waals surface area contributed by atoms with E-state index in [9.17, 15) is 4.79 Å². The zero-order valence-corrected chi connectivity index (χ0v) is 17.1. The fourth-order valence-corrected chi connectivity index (χ4v) is 3.79. The lowest BCUT2D eigenvalue weighted by Crippen LogP contribution is -2.15. The summed E-state index contributed by atoms with van der Waals surface area (Å²) in [5.41, 5.74) is 5.59. The summed E-state index contributed by atoms with van der Waals surface area (Å²) in [5, 5.41) is 6.30. The molecule has 2 heterocycles. The molecule has 0 saturated heterocycles. The molecule has 2 N–H and O–H groups in total. The standard InChI is InChI=1S/C25H22N4O2/c1-31-22-9-5-6-17(13-22)23-16-29(21-7-3-2-4-8-21)25(27-23)28-24(30)18-10-11-19-14-26-15-20(19)12-18/h2-13,16,26H,14-15H2,1H3,(H,27,28,30). The molecule has 1 aromatic heterocycles.